The molecular formula is C15H15N3O4. The molecule has 2 rings (SSSR count). The van der Waals surface area contributed by atoms with Gasteiger partial charge in [0.25, 0.3) is 5.56 Å². The van der Waals surface area contributed by atoms with Gasteiger partial charge in [-0.15, -0.1) is 0 Å². The van der Waals surface area contributed by atoms with E-state index in [4.69, 9.17) is 0 Å². The summed E-state index contributed by atoms with van der Waals surface area (Å²) in [6.07, 6.45) is 1.19. The average Bonchev–Trinajstić information content (AvgIpc) is 2.51. The number of carbonyl (C=O) groups excluding carboxylic acids is 1. The number of aromatic nitrogens is 2. The minimum atomic E-state index is -0.635. The lowest BCUT2D eigenvalue weighted by Gasteiger charge is -2.07. The highest BCUT2D eigenvalue weighted by Gasteiger charge is 2.12. The van der Waals surface area contributed by atoms with Gasteiger partial charge in [0.1, 0.15) is 5.56 Å². The van der Waals surface area contributed by atoms with E-state index in [1.807, 2.05) is 0 Å². The third-order valence-electron chi connectivity index (χ3n) is 3.28. The van der Waals surface area contributed by atoms with E-state index in [2.05, 4.69) is 4.99 Å². The number of Topliss-reactive ketones (excluding diaryl/α,β-unsaturated/α-hetero) is 1. The molecule has 0 bridgehead atoms. The van der Waals surface area contributed by atoms with Crippen molar-refractivity contribution in [1.82, 2.24) is 9.13 Å². The molecule has 0 aliphatic rings. The number of hydrogen-bond acceptors (Lipinski definition) is 5. The minimum absolute atomic E-state index is 0.0555. The third kappa shape index (κ3) is 2.73. The Kier molecular flexibility index (Phi) is 4.07. The predicted octanol–water partition coefficient (Wildman–Crippen LogP) is 0.743. The quantitative estimate of drug-likeness (QED) is 0.668. The van der Waals surface area contributed by atoms with Crippen molar-refractivity contribution >= 4 is 17.7 Å². The molecule has 1 heterocycles. The summed E-state index contributed by atoms with van der Waals surface area (Å²) in [7, 11) is 2.68. The highest BCUT2D eigenvalue weighted by molar-refractivity contribution is 5.94. The lowest BCUT2D eigenvalue weighted by atomic mass is 10.1. The molecule has 0 aliphatic heterocycles. The van der Waals surface area contributed by atoms with Crippen molar-refractivity contribution in [1.29, 1.82) is 0 Å². The van der Waals surface area contributed by atoms with Crippen LogP contribution in [-0.2, 0) is 14.1 Å². The van der Waals surface area contributed by atoms with Crippen LogP contribution in [0.5, 0.6) is 5.88 Å². The first-order valence-corrected chi connectivity index (χ1v) is 6.47. The largest absolute Gasteiger partial charge is 0.494 e. The maximum atomic E-state index is 12.0. The summed E-state index contributed by atoms with van der Waals surface area (Å²) in [5, 5.41) is 9.89. The van der Waals surface area contributed by atoms with E-state index in [1.54, 1.807) is 24.3 Å². The second kappa shape index (κ2) is 5.80. The van der Waals surface area contributed by atoms with Crippen LogP contribution < -0.4 is 11.2 Å². The van der Waals surface area contributed by atoms with Gasteiger partial charge in [-0.2, -0.15) is 0 Å². The Morgan fingerprint density at radius 2 is 1.73 bits per heavy atom. The molecule has 1 aromatic carbocycles. The van der Waals surface area contributed by atoms with Crippen molar-refractivity contribution < 1.29 is 9.90 Å². The molecule has 0 saturated carbocycles. The number of aliphatic imine (C=N–C) groups is 1. The molecule has 2 aromatic rings. The molecule has 114 valence electrons. The lowest BCUT2D eigenvalue weighted by molar-refractivity contribution is 0.101. The molecule has 0 amide bonds. The van der Waals surface area contributed by atoms with Gasteiger partial charge in [-0.1, -0.05) is 0 Å². The van der Waals surface area contributed by atoms with E-state index >= 15 is 0 Å². The van der Waals surface area contributed by atoms with Crippen LogP contribution >= 0.6 is 0 Å². The summed E-state index contributed by atoms with van der Waals surface area (Å²) in [5.41, 5.74) is -0.268. The van der Waals surface area contributed by atoms with Crippen molar-refractivity contribution in [3.8, 4) is 5.88 Å². The van der Waals surface area contributed by atoms with Gasteiger partial charge in [0, 0.05) is 25.9 Å². The van der Waals surface area contributed by atoms with Crippen LogP contribution in [0.3, 0.4) is 0 Å². The van der Waals surface area contributed by atoms with Crippen molar-refractivity contribution in [3.63, 3.8) is 0 Å². The van der Waals surface area contributed by atoms with Gasteiger partial charge in [0.2, 0.25) is 5.88 Å². The zero-order valence-electron chi connectivity index (χ0n) is 12.4. The van der Waals surface area contributed by atoms with Crippen molar-refractivity contribution in [2.24, 2.45) is 19.1 Å². The topological polar surface area (TPSA) is 93.7 Å². The normalized spacial score (nSPS) is 11.0. The third-order valence-corrected chi connectivity index (χ3v) is 3.28. The van der Waals surface area contributed by atoms with Crippen LogP contribution in [0.4, 0.5) is 5.69 Å². The highest BCUT2D eigenvalue weighted by Crippen LogP contribution is 2.14. The molecular weight excluding hydrogens is 286 g/mol. The fourth-order valence-corrected chi connectivity index (χ4v) is 1.89. The summed E-state index contributed by atoms with van der Waals surface area (Å²) in [6.45, 7) is 1.46. The van der Waals surface area contributed by atoms with E-state index in [1.165, 1.54) is 27.2 Å². The molecule has 7 nitrogen and oxygen atoms in total. The fourth-order valence-electron chi connectivity index (χ4n) is 1.89. The first kappa shape index (κ1) is 15.4. The standard InChI is InChI=1S/C15H15N3O4/c1-9(19)10-4-6-11(7-5-10)16-8-12-13(20)17(2)15(22)18(3)14(12)21/h4-8,20H,1-3H3. The van der Waals surface area contributed by atoms with Crippen LogP contribution in [0.15, 0.2) is 38.8 Å². The number of benzene rings is 1. The van der Waals surface area contributed by atoms with Gasteiger partial charge in [0.15, 0.2) is 5.78 Å². The summed E-state index contributed by atoms with van der Waals surface area (Å²) >= 11 is 0. The van der Waals surface area contributed by atoms with Crippen molar-refractivity contribution in [2.75, 3.05) is 0 Å². The SMILES string of the molecule is CC(=O)c1ccc(N=Cc2c(O)n(C)c(=O)n(C)c2=O)cc1. The molecule has 0 atom stereocenters. The molecule has 0 saturated heterocycles. The molecule has 1 aromatic heterocycles. The van der Waals surface area contributed by atoms with E-state index in [9.17, 15) is 19.5 Å². The van der Waals surface area contributed by atoms with Gasteiger partial charge in [-0.3, -0.25) is 23.7 Å². The first-order chi connectivity index (χ1) is 10.3. The summed E-state index contributed by atoms with van der Waals surface area (Å²) in [4.78, 5) is 38.9. The zero-order valence-corrected chi connectivity index (χ0v) is 12.4. The molecule has 0 spiro atoms. The smallest absolute Gasteiger partial charge is 0.333 e. The second-order valence-corrected chi connectivity index (χ2v) is 4.80. The van der Waals surface area contributed by atoms with Gasteiger partial charge in [-0.25, -0.2) is 4.79 Å². The molecule has 0 aliphatic carbocycles. The van der Waals surface area contributed by atoms with Gasteiger partial charge in [-0.05, 0) is 31.2 Å². The maximum Gasteiger partial charge on any atom is 0.333 e. The number of ketones is 1. The lowest BCUT2D eigenvalue weighted by Crippen LogP contribution is -2.38. The molecule has 1 N–H and O–H groups in total. The second-order valence-electron chi connectivity index (χ2n) is 4.80. The van der Waals surface area contributed by atoms with E-state index in [-0.39, 0.29) is 11.3 Å². The molecule has 0 fully saturated rings. The number of hydrogen-bond donors (Lipinski definition) is 1. The first-order valence-electron chi connectivity index (χ1n) is 6.47. The minimum Gasteiger partial charge on any atom is -0.494 e. The van der Waals surface area contributed by atoms with Gasteiger partial charge in [0.05, 0.1) is 5.69 Å². The Morgan fingerprint density at radius 3 is 2.27 bits per heavy atom. The van der Waals surface area contributed by atoms with Gasteiger partial charge >= 0.3 is 5.69 Å². The Morgan fingerprint density at radius 1 is 1.14 bits per heavy atom. The number of carbonyl (C=O) groups is 1. The zero-order chi connectivity index (χ0) is 16.4. The van der Waals surface area contributed by atoms with Crippen LogP contribution in [0.1, 0.15) is 22.8 Å². The van der Waals surface area contributed by atoms with Crippen LogP contribution in [0, 0.1) is 0 Å². The van der Waals surface area contributed by atoms with Crippen molar-refractivity contribution in [3.05, 3.63) is 56.2 Å². The van der Waals surface area contributed by atoms with Crippen LogP contribution in [0.2, 0.25) is 0 Å². The Bertz CT molecular complexity index is 873. The summed E-state index contributed by atoms with van der Waals surface area (Å²) in [6, 6.07) is 6.48. The molecule has 22 heavy (non-hydrogen) atoms. The summed E-state index contributed by atoms with van der Waals surface area (Å²) in [5.74, 6) is -0.502. The monoisotopic (exact) mass is 301 g/mol. The highest BCUT2D eigenvalue weighted by atomic mass is 16.3. The Hall–Kier alpha value is -2.96. The molecule has 0 unspecified atom stereocenters. The number of aromatic hydroxyl groups is 1. The number of rotatable bonds is 3. The van der Waals surface area contributed by atoms with Gasteiger partial charge < -0.3 is 5.11 Å². The maximum absolute atomic E-state index is 12.0. The Labute approximate surface area is 125 Å². The summed E-state index contributed by atoms with van der Waals surface area (Å²) < 4.78 is 1.85. The van der Waals surface area contributed by atoms with E-state index in [0.29, 0.717) is 11.3 Å². The predicted molar refractivity (Wildman–Crippen MR) is 82.3 cm³/mol. The molecule has 7 heteroatoms. The van der Waals surface area contributed by atoms with Crippen LogP contribution in [0.25, 0.3) is 0 Å². The Balaban J connectivity index is 2.45. The van der Waals surface area contributed by atoms with E-state index in [0.717, 1.165) is 9.13 Å². The fraction of sp³-hybridized carbons (Fsp3) is 0.200. The van der Waals surface area contributed by atoms with E-state index < -0.39 is 17.1 Å². The van der Waals surface area contributed by atoms with Crippen molar-refractivity contribution in [2.45, 2.75) is 6.92 Å². The average molecular weight is 301 g/mol. The molecule has 0 radical (unpaired) electrons. The number of nitrogens with zero attached hydrogens (tertiary/aromatic N) is 3. The van der Waals surface area contributed by atoms with Crippen LogP contribution in [-0.4, -0.2) is 26.2 Å².